The summed E-state index contributed by atoms with van der Waals surface area (Å²) < 4.78 is 0. The molecule has 0 aliphatic heterocycles. The second-order valence-corrected chi connectivity index (χ2v) is 5.99. The van der Waals surface area contributed by atoms with E-state index in [1.165, 1.54) is 10.6 Å². The van der Waals surface area contributed by atoms with Crippen molar-refractivity contribution in [2.75, 3.05) is 0 Å². The summed E-state index contributed by atoms with van der Waals surface area (Å²) in [6, 6.07) is -0.465. The minimum atomic E-state index is -0.465. The van der Waals surface area contributed by atoms with Crippen LogP contribution in [0.1, 0.15) is 38.2 Å². The number of nitrogens with one attached hydrogen (secondary N) is 2. The number of rotatable bonds is 4. The van der Waals surface area contributed by atoms with E-state index in [0.29, 0.717) is 6.42 Å². The Hall–Kier alpha value is -1.55. The monoisotopic (exact) mass is 259 g/mol. The van der Waals surface area contributed by atoms with Crippen molar-refractivity contribution in [3.8, 4) is 0 Å². The third-order valence-electron chi connectivity index (χ3n) is 4.10. The Kier molecular flexibility index (Phi) is 2.97. The van der Waals surface area contributed by atoms with E-state index in [1.807, 2.05) is 6.20 Å². The first kappa shape index (κ1) is 12.5. The lowest BCUT2D eigenvalue weighted by molar-refractivity contribution is -0.123. The average Bonchev–Trinajstić information content (AvgIpc) is 2.98. The Morgan fingerprint density at radius 3 is 2.95 bits per heavy atom. The Balaban J connectivity index is 1.71. The van der Waals surface area contributed by atoms with Gasteiger partial charge in [-0.05, 0) is 49.8 Å². The fraction of sp³-hybridized carbons (Fsp3) is 0.533. The first-order valence-corrected chi connectivity index (χ1v) is 7.02. The van der Waals surface area contributed by atoms with Crippen LogP contribution in [-0.4, -0.2) is 22.5 Å². The number of H-pyrrole nitrogens is 1. The first-order chi connectivity index (χ1) is 9.07. The molecular weight excluding hydrogens is 238 g/mol. The topological polar surface area (TPSA) is 70.9 Å². The van der Waals surface area contributed by atoms with Crippen molar-refractivity contribution in [3.63, 3.8) is 0 Å². The zero-order valence-electron chi connectivity index (χ0n) is 11.3. The highest BCUT2D eigenvalue weighted by molar-refractivity contribution is 5.82. The molecule has 2 aliphatic rings. The fourth-order valence-electron chi connectivity index (χ4n) is 2.56. The Labute approximate surface area is 112 Å². The Bertz CT molecular complexity index is 610. The van der Waals surface area contributed by atoms with Crippen molar-refractivity contribution in [3.05, 3.63) is 22.3 Å². The number of amides is 1. The van der Waals surface area contributed by atoms with Gasteiger partial charge in [-0.25, -0.2) is 0 Å². The van der Waals surface area contributed by atoms with Crippen molar-refractivity contribution in [2.24, 2.45) is 5.73 Å². The van der Waals surface area contributed by atoms with Gasteiger partial charge in [0.1, 0.15) is 0 Å². The SMILES string of the molecule is CC1(NC(=O)[C@H](N)Cc2c[nH]c3c2=CCCC=3)CC1. The molecular formula is C15H21N3O. The molecule has 1 aromatic rings. The van der Waals surface area contributed by atoms with E-state index < -0.39 is 6.04 Å². The van der Waals surface area contributed by atoms with Crippen molar-refractivity contribution in [1.29, 1.82) is 0 Å². The molecule has 2 aliphatic carbocycles. The molecule has 0 bridgehead atoms. The van der Waals surface area contributed by atoms with Crippen molar-refractivity contribution >= 4 is 18.1 Å². The lowest BCUT2D eigenvalue weighted by Crippen LogP contribution is -2.47. The van der Waals surface area contributed by atoms with Crippen LogP contribution in [0.25, 0.3) is 12.2 Å². The van der Waals surface area contributed by atoms with Gasteiger partial charge in [0.15, 0.2) is 0 Å². The molecule has 1 fully saturated rings. The molecule has 102 valence electrons. The summed E-state index contributed by atoms with van der Waals surface area (Å²) in [6.07, 6.45) is 11.3. The number of fused-ring (bicyclic) bond motifs is 1. The molecule has 3 rings (SSSR count). The number of aromatic nitrogens is 1. The molecule has 1 saturated carbocycles. The molecule has 1 atom stereocenters. The predicted molar refractivity (Wildman–Crippen MR) is 75.7 cm³/mol. The molecule has 1 heterocycles. The molecule has 4 nitrogen and oxygen atoms in total. The maximum Gasteiger partial charge on any atom is 0.237 e. The average molecular weight is 259 g/mol. The van der Waals surface area contributed by atoms with Crippen molar-refractivity contribution < 1.29 is 4.79 Å². The van der Waals surface area contributed by atoms with Gasteiger partial charge in [0.25, 0.3) is 0 Å². The summed E-state index contributed by atoms with van der Waals surface area (Å²) in [7, 11) is 0. The number of carbonyl (C=O) groups excluding carboxylic acids is 1. The van der Waals surface area contributed by atoms with E-state index in [9.17, 15) is 4.79 Å². The van der Waals surface area contributed by atoms with Crippen LogP contribution in [0.5, 0.6) is 0 Å². The number of hydrogen-bond acceptors (Lipinski definition) is 2. The normalized spacial score (nSPS) is 20.7. The number of carbonyl (C=O) groups is 1. The fourth-order valence-corrected chi connectivity index (χ4v) is 2.56. The van der Waals surface area contributed by atoms with E-state index in [4.69, 9.17) is 5.73 Å². The summed E-state index contributed by atoms with van der Waals surface area (Å²) in [5, 5.41) is 5.43. The molecule has 4 N–H and O–H groups in total. The maximum absolute atomic E-state index is 12.0. The zero-order chi connectivity index (χ0) is 13.5. The highest BCUT2D eigenvalue weighted by atomic mass is 16.2. The number of hydrogen-bond donors (Lipinski definition) is 3. The van der Waals surface area contributed by atoms with Crippen LogP contribution in [0.15, 0.2) is 6.20 Å². The number of nitrogens with two attached hydrogens (primary N) is 1. The van der Waals surface area contributed by atoms with Gasteiger partial charge in [-0.3, -0.25) is 4.79 Å². The molecule has 4 heteroatoms. The van der Waals surface area contributed by atoms with Gasteiger partial charge in [0.05, 0.1) is 6.04 Å². The maximum atomic E-state index is 12.0. The summed E-state index contributed by atoms with van der Waals surface area (Å²) >= 11 is 0. The van der Waals surface area contributed by atoms with Crippen LogP contribution in [-0.2, 0) is 11.2 Å². The van der Waals surface area contributed by atoms with E-state index in [1.54, 1.807) is 0 Å². The van der Waals surface area contributed by atoms with Gasteiger partial charge in [-0.1, -0.05) is 12.2 Å². The van der Waals surface area contributed by atoms with Gasteiger partial charge in [-0.2, -0.15) is 0 Å². The predicted octanol–water partition coefficient (Wildman–Crippen LogP) is -0.0920. The number of aromatic amines is 1. The molecule has 1 aromatic heterocycles. The highest BCUT2D eigenvalue weighted by Crippen LogP contribution is 2.34. The molecule has 0 saturated heterocycles. The van der Waals surface area contributed by atoms with Crippen LogP contribution in [0.3, 0.4) is 0 Å². The third kappa shape index (κ3) is 2.59. The van der Waals surface area contributed by atoms with Crippen LogP contribution >= 0.6 is 0 Å². The Morgan fingerprint density at radius 1 is 1.47 bits per heavy atom. The quantitative estimate of drug-likeness (QED) is 0.707. The Morgan fingerprint density at radius 2 is 2.21 bits per heavy atom. The second kappa shape index (κ2) is 4.53. The van der Waals surface area contributed by atoms with Crippen molar-refractivity contribution in [1.82, 2.24) is 10.3 Å². The van der Waals surface area contributed by atoms with Crippen molar-refractivity contribution in [2.45, 2.75) is 50.6 Å². The summed E-state index contributed by atoms with van der Waals surface area (Å²) in [5.74, 6) is -0.0326. The van der Waals surface area contributed by atoms with Crippen LogP contribution in [0.2, 0.25) is 0 Å². The molecule has 19 heavy (non-hydrogen) atoms. The highest BCUT2D eigenvalue weighted by Gasteiger charge is 2.39. The van der Waals surface area contributed by atoms with Gasteiger partial charge in [0.2, 0.25) is 5.91 Å². The molecule has 0 radical (unpaired) electrons. The van der Waals surface area contributed by atoms with E-state index >= 15 is 0 Å². The lowest BCUT2D eigenvalue weighted by atomic mass is 10.0. The second-order valence-electron chi connectivity index (χ2n) is 5.99. The smallest absolute Gasteiger partial charge is 0.237 e. The minimum absolute atomic E-state index is 0.00613. The molecule has 0 spiro atoms. The van der Waals surface area contributed by atoms with Gasteiger partial charge < -0.3 is 16.0 Å². The van der Waals surface area contributed by atoms with E-state index in [0.717, 1.165) is 31.2 Å². The van der Waals surface area contributed by atoms with Crippen LogP contribution < -0.4 is 21.6 Å². The molecule has 1 amide bonds. The van der Waals surface area contributed by atoms with E-state index in [2.05, 4.69) is 29.4 Å². The largest absolute Gasteiger partial charge is 0.361 e. The lowest BCUT2D eigenvalue weighted by Gasteiger charge is -2.16. The van der Waals surface area contributed by atoms with Gasteiger partial charge in [-0.15, -0.1) is 0 Å². The van der Waals surface area contributed by atoms with Gasteiger partial charge in [0, 0.05) is 17.1 Å². The summed E-state index contributed by atoms with van der Waals surface area (Å²) in [4.78, 5) is 15.3. The third-order valence-corrected chi connectivity index (χ3v) is 4.10. The standard InChI is InChI=1S/C15H21N3O/c1-15(6-7-15)18-14(19)12(16)8-10-9-17-13-5-3-2-4-11(10)13/h4-5,9,12,17H,2-3,6-8,16H2,1H3,(H,18,19)/t12-/m1/s1. The zero-order valence-corrected chi connectivity index (χ0v) is 11.3. The molecule has 0 unspecified atom stereocenters. The van der Waals surface area contributed by atoms with Crippen LogP contribution in [0.4, 0.5) is 0 Å². The van der Waals surface area contributed by atoms with Crippen LogP contribution in [0, 0.1) is 0 Å². The minimum Gasteiger partial charge on any atom is -0.361 e. The summed E-state index contributed by atoms with van der Waals surface area (Å²) in [5.41, 5.74) is 7.18. The molecule has 0 aromatic carbocycles. The summed E-state index contributed by atoms with van der Waals surface area (Å²) in [6.45, 7) is 2.07. The van der Waals surface area contributed by atoms with E-state index in [-0.39, 0.29) is 11.4 Å². The van der Waals surface area contributed by atoms with Gasteiger partial charge >= 0.3 is 0 Å². The first-order valence-electron chi connectivity index (χ1n) is 7.02.